The summed E-state index contributed by atoms with van der Waals surface area (Å²) in [6.07, 6.45) is 2.68. The van der Waals surface area contributed by atoms with Gasteiger partial charge >= 0.3 is 0 Å². The predicted octanol–water partition coefficient (Wildman–Crippen LogP) is 1.32. The molecule has 3 aromatic rings. The minimum Gasteiger partial charge on any atom is -0.497 e. The molecule has 4 rings (SSSR count). The molecule has 1 aliphatic heterocycles. The second kappa shape index (κ2) is 6.92. The Bertz CT molecular complexity index is 979. The highest BCUT2D eigenvalue weighted by Gasteiger charge is 2.29. The lowest BCUT2D eigenvalue weighted by Gasteiger charge is -2.15. The summed E-state index contributed by atoms with van der Waals surface area (Å²) in [7, 11) is 3.20. The number of ether oxygens (including phenoxy) is 2. The molecule has 0 radical (unpaired) electrons. The van der Waals surface area contributed by atoms with E-state index >= 15 is 0 Å². The Labute approximate surface area is 156 Å². The van der Waals surface area contributed by atoms with E-state index in [4.69, 9.17) is 15.2 Å². The Morgan fingerprint density at radius 1 is 1.33 bits per heavy atom. The van der Waals surface area contributed by atoms with Crippen molar-refractivity contribution in [2.75, 3.05) is 27.3 Å². The molecular formula is C18H22N6O3. The van der Waals surface area contributed by atoms with Crippen LogP contribution in [0.2, 0.25) is 0 Å². The van der Waals surface area contributed by atoms with Gasteiger partial charge in [-0.05, 0) is 12.5 Å². The number of hydrogen-bond donors (Lipinski definition) is 2. The number of aromatic amines is 1. The number of aromatic nitrogens is 4. The molecule has 1 unspecified atom stereocenters. The van der Waals surface area contributed by atoms with Crippen molar-refractivity contribution in [2.24, 2.45) is 5.73 Å². The Morgan fingerprint density at radius 3 is 2.89 bits per heavy atom. The first-order valence-electron chi connectivity index (χ1n) is 8.77. The number of nitrogens with two attached hydrogens (primary N) is 1. The van der Waals surface area contributed by atoms with Crippen molar-refractivity contribution in [3.63, 3.8) is 0 Å². The second-order valence-electron chi connectivity index (χ2n) is 6.56. The maximum atomic E-state index is 13.0. The van der Waals surface area contributed by atoms with Gasteiger partial charge in [-0.2, -0.15) is 0 Å². The van der Waals surface area contributed by atoms with E-state index in [-0.39, 0.29) is 11.9 Å². The van der Waals surface area contributed by atoms with Crippen molar-refractivity contribution in [3.8, 4) is 11.5 Å². The first-order valence-corrected chi connectivity index (χ1v) is 8.77. The highest BCUT2D eigenvalue weighted by Crippen LogP contribution is 2.32. The summed E-state index contributed by atoms with van der Waals surface area (Å²) in [5.74, 6) is 1.29. The summed E-state index contributed by atoms with van der Waals surface area (Å²) in [5.41, 5.74) is 7.66. The Hall–Kier alpha value is -3.07. The van der Waals surface area contributed by atoms with Crippen molar-refractivity contribution in [2.45, 2.75) is 19.0 Å². The molecule has 1 saturated heterocycles. The molecule has 0 saturated carbocycles. The molecule has 1 aromatic carbocycles. The van der Waals surface area contributed by atoms with Crippen LogP contribution in [0.25, 0.3) is 10.9 Å². The van der Waals surface area contributed by atoms with Gasteiger partial charge in [0.15, 0.2) is 0 Å². The Morgan fingerprint density at radius 2 is 2.19 bits per heavy atom. The molecule has 1 amide bonds. The molecule has 3 N–H and O–H groups in total. The molecule has 1 fully saturated rings. The third kappa shape index (κ3) is 3.10. The number of carbonyl (C=O) groups is 1. The number of nitrogens with zero attached hydrogens (tertiary/aromatic N) is 4. The van der Waals surface area contributed by atoms with E-state index in [1.807, 2.05) is 23.2 Å². The predicted molar refractivity (Wildman–Crippen MR) is 98.9 cm³/mol. The molecule has 3 heterocycles. The monoisotopic (exact) mass is 370 g/mol. The van der Waals surface area contributed by atoms with Gasteiger partial charge in [0, 0.05) is 37.2 Å². The molecule has 0 aliphatic carbocycles. The van der Waals surface area contributed by atoms with Gasteiger partial charge in [-0.15, -0.1) is 5.10 Å². The SMILES string of the molecule is COc1cc(OC)c2cc(C(=O)N3CCC(n4cc(CN)nn4)C3)[nH]c2c1. The van der Waals surface area contributed by atoms with E-state index in [9.17, 15) is 4.79 Å². The number of amides is 1. The maximum absolute atomic E-state index is 13.0. The van der Waals surface area contributed by atoms with Gasteiger partial charge in [-0.25, -0.2) is 4.68 Å². The number of carbonyl (C=O) groups excluding carboxylic acids is 1. The standard InChI is InChI=1S/C18H22N6O3/c1-26-13-5-15-14(17(6-13)27-2)7-16(20-15)18(25)23-4-3-12(10-23)24-9-11(8-19)21-22-24/h5-7,9,12,20H,3-4,8,10,19H2,1-2H3. The van der Waals surface area contributed by atoms with E-state index in [1.165, 1.54) is 0 Å². The molecule has 9 heteroatoms. The summed E-state index contributed by atoms with van der Waals surface area (Å²) in [6, 6.07) is 5.59. The third-order valence-electron chi connectivity index (χ3n) is 4.95. The number of likely N-dealkylation sites (tertiary alicyclic amines) is 1. The fourth-order valence-corrected chi connectivity index (χ4v) is 3.48. The number of fused-ring (bicyclic) bond motifs is 1. The summed E-state index contributed by atoms with van der Waals surface area (Å²) >= 11 is 0. The van der Waals surface area contributed by atoms with Crippen LogP contribution in [0.1, 0.15) is 28.6 Å². The van der Waals surface area contributed by atoms with Gasteiger partial charge in [0.25, 0.3) is 5.91 Å². The zero-order valence-corrected chi connectivity index (χ0v) is 15.3. The molecule has 9 nitrogen and oxygen atoms in total. The van der Waals surface area contributed by atoms with Crippen LogP contribution in [-0.4, -0.2) is 58.1 Å². The van der Waals surface area contributed by atoms with Crippen molar-refractivity contribution in [1.82, 2.24) is 24.9 Å². The van der Waals surface area contributed by atoms with Crippen molar-refractivity contribution >= 4 is 16.8 Å². The quantitative estimate of drug-likeness (QED) is 0.701. The van der Waals surface area contributed by atoms with Gasteiger partial charge in [0.1, 0.15) is 17.2 Å². The fraction of sp³-hybridized carbons (Fsp3) is 0.389. The molecule has 27 heavy (non-hydrogen) atoms. The van der Waals surface area contributed by atoms with Crippen molar-refractivity contribution < 1.29 is 14.3 Å². The van der Waals surface area contributed by atoms with Crippen molar-refractivity contribution in [3.05, 3.63) is 35.8 Å². The molecule has 142 valence electrons. The zero-order valence-electron chi connectivity index (χ0n) is 15.3. The topological polar surface area (TPSA) is 111 Å². The van der Waals surface area contributed by atoms with E-state index in [1.54, 1.807) is 25.0 Å². The number of H-pyrrole nitrogens is 1. The Balaban J connectivity index is 1.56. The maximum Gasteiger partial charge on any atom is 0.270 e. The molecule has 0 spiro atoms. The lowest BCUT2D eigenvalue weighted by atomic mass is 10.2. The van der Waals surface area contributed by atoms with Crippen LogP contribution in [-0.2, 0) is 6.54 Å². The number of rotatable bonds is 5. The van der Waals surface area contributed by atoms with Gasteiger partial charge in [-0.3, -0.25) is 4.79 Å². The first-order chi connectivity index (χ1) is 13.1. The minimum atomic E-state index is -0.0473. The van der Waals surface area contributed by atoms with Crippen LogP contribution in [0.4, 0.5) is 0 Å². The lowest BCUT2D eigenvalue weighted by Crippen LogP contribution is -2.29. The highest BCUT2D eigenvalue weighted by atomic mass is 16.5. The summed E-state index contributed by atoms with van der Waals surface area (Å²) in [4.78, 5) is 18.0. The smallest absolute Gasteiger partial charge is 0.270 e. The number of benzene rings is 1. The van der Waals surface area contributed by atoms with Crippen LogP contribution in [0, 0.1) is 0 Å². The fourth-order valence-electron chi connectivity index (χ4n) is 3.48. The largest absolute Gasteiger partial charge is 0.497 e. The normalized spacial score (nSPS) is 16.9. The number of hydrogen-bond acceptors (Lipinski definition) is 6. The molecule has 1 aliphatic rings. The molecular weight excluding hydrogens is 348 g/mol. The summed E-state index contributed by atoms with van der Waals surface area (Å²) in [5, 5.41) is 9.00. The molecule has 0 bridgehead atoms. The van der Waals surface area contributed by atoms with Crippen LogP contribution in [0.15, 0.2) is 24.4 Å². The summed E-state index contributed by atoms with van der Waals surface area (Å²) < 4.78 is 12.5. The lowest BCUT2D eigenvalue weighted by molar-refractivity contribution is 0.0782. The van der Waals surface area contributed by atoms with Gasteiger partial charge in [0.05, 0.1) is 37.7 Å². The van der Waals surface area contributed by atoms with Crippen LogP contribution < -0.4 is 15.2 Å². The second-order valence-corrected chi connectivity index (χ2v) is 6.56. The van der Waals surface area contributed by atoms with Crippen LogP contribution in [0.3, 0.4) is 0 Å². The average Bonchev–Trinajstić information content (AvgIpc) is 3.44. The van der Waals surface area contributed by atoms with E-state index < -0.39 is 0 Å². The van der Waals surface area contributed by atoms with E-state index in [0.29, 0.717) is 36.8 Å². The van der Waals surface area contributed by atoms with Gasteiger partial charge in [0.2, 0.25) is 0 Å². The molecule has 2 aromatic heterocycles. The van der Waals surface area contributed by atoms with Crippen LogP contribution >= 0.6 is 0 Å². The summed E-state index contributed by atoms with van der Waals surface area (Å²) in [6.45, 7) is 1.61. The minimum absolute atomic E-state index is 0.0473. The van der Waals surface area contributed by atoms with E-state index in [2.05, 4.69) is 15.3 Å². The Kier molecular flexibility index (Phi) is 4.44. The number of nitrogens with one attached hydrogen (secondary N) is 1. The van der Waals surface area contributed by atoms with Gasteiger partial charge in [-0.1, -0.05) is 5.21 Å². The average molecular weight is 370 g/mol. The zero-order chi connectivity index (χ0) is 19.0. The van der Waals surface area contributed by atoms with E-state index in [0.717, 1.165) is 23.0 Å². The highest BCUT2D eigenvalue weighted by molar-refractivity contribution is 6.00. The first kappa shape index (κ1) is 17.3. The van der Waals surface area contributed by atoms with Crippen molar-refractivity contribution in [1.29, 1.82) is 0 Å². The van der Waals surface area contributed by atoms with Gasteiger partial charge < -0.3 is 25.1 Å². The molecule has 1 atom stereocenters. The van der Waals surface area contributed by atoms with Crippen LogP contribution in [0.5, 0.6) is 11.5 Å². The third-order valence-corrected chi connectivity index (χ3v) is 4.95. The number of methoxy groups -OCH3 is 2.